The maximum Gasteiger partial charge on any atom is 0.264 e. The summed E-state index contributed by atoms with van der Waals surface area (Å²) in [6.45, 7) is 6.38. The summed E-state index contributed by atoms with van der Waals surface area (Å²) in [6, 6.07) is 19.7. The van der Waals surface area contributed by atoms with E-state index in [1.165, 1.54) is 0 Å². The first-order valence-corrected chi connectivity index (χ1v) is 21.9. The van der Waals surface area contributed by atoms with Crippen molar-refractivity contribution in [3.63, 3.8) is 0 Å². The summed E-state index contributed by atoms with van der Waals surface area (Å²) in [6.07, 6.45) is 3.72. The number of ether oxygens (including phenoxy) is 5. The molecule has 1 fully saturated rings. The van der Waals surface area contributed by atoms with E-state index in [-0.39, 0.29) is 47.5 Å². The highest BCUT2D eigenvalue weighted by atomic mass is 16.6. The highest BCUT2D eigenvalue weighted by Gasteiger charge is 2.45. The van der Waals surface area contributed by atoms with E-state index in [0.717, 1.165) is 16.0 Å². The lowest BCUT2D eigenvalue weighted by Crippen LogP contribution is -2.54. The molecular formula is C47H53N9O11. The SMILES string of the molecule is CC(c1ccc(C(=O)NCCOCCOCCOCCOCCOCCNc2cccc3c2C(=O)N(C2CCC(=O)NC2=O)C3=O)cc1)n1cc(-c2cc(-c3ccccc3O)nnc2N)cn1. The molecule has 0 radical (unpaired) electrons. The van der Waals surface area contributed by atoms with Gasteiger partial charge in [-0.05, 0) is 61.4 Å². The van der Waals surface area contributed by atoms with Gasteiger partial charge in [0.15, 0.2) is 5.82 Å². The first-order valence-electron chi connectivity index (χ1n) is 21.9. The number of hydrogen-bond donors (Lipinski definition) is 5. The van der Waals surface area contributed by atoms with E-state index >= 15 is 0 Å². The van der Waals surface area contributed by atoms with Gasteiger partial charge in [-0.3, -0.25) is 38.9 Å². The Morgan fingerprint density at radius 1 is 0.791 bits per heavy atom. The second kappa shape index (κ2) is 23.4. The number of benzene rings is 3. The lowest BCUT2D eigenvalue weighted by Gasteiger charge is -2.27. The van der Waals surface area contributed by atoms with E-state index in [2.05, 4.69) is 31.2 Å². The van der Waals surface area contributed by atoms with Gasteiger partial charge in [0.2, 0.25) is 11.8 Å². The minimum Gasteiger partial charge on any atom is -0.507 e. The van der Waals surface area contributed by atoms with Crippen LogP contribution in [0.2, 0.25) is 0 Å². The summed E-state index contributed by atoms with van der Waals surface area (Å²) in [5, 5.41) is 31.3. The highest BCUT2D eigenvalue weighted by Crippen LogP contribution is 2.34. The van der Waals surface area contributed by atoms with Crippen LogP contribution in [0.15, 0.2) is 85.2 Å². The quantitative estimate of drug-likeness (QED) is 0.0416. The second-order valence-electron chi connectivity index (χ2n) is 15.5. The van der Waals surface area contributed by atoms with E-state index in [1.54, 1.807) is 65.5 Å². The average Bonchev–Trinajstić information content (AvgIpc) is 3.92. The van der Waals surface area contributed by atoms with Crippen LogP contribution >= 0.6 is 0 Å². The number of phenolic OH excluding ortho intramolecular Hbond substituents is 1. The molecule has 20 nitrogen and oxygen atoms in total. The van der Waals surface area contributed by atoms with Crippen molar-refractivity contribution < 1.29 is 52.8 Å². The normalized spacial score (nSPS) is 15.1. The molecule has 4 heterocycles. The molecule has 2 atom stereocenters. The van der Waals surface area contributed by atoms with E-state index in [1.807, 2.05) is 31.3 Å². The number of nitrogens with zero attached hydrogens (tertiary/aromatic N) is 5. The molecule has 0 aliphatic carbocycles. The smallest absolute Gasteiger partial charge is 0.264 e. The van der Waals surface area contributed by atoms with Crippen molar-refractivity contribution in [3.8, 4) is 28.1 Å². The summed E-state index contributed by atoms with van der Waals surface area (Å²) in [7, 11) is 0. The summed E-state index contributed by atoms with van der Waals surface area (Å²) in [5.74, 6) is -2.08. The number of fused-ring (bicyclic) bond motifs is 1. The number of rotatable bonds is 25. The molecule has 0 spiro atoms. The maximum atomic E-state index is 13.2. The highest BCUT2D eigenvalue weighted by molar-refractivity contribution is 6.25. The summed E-state index contributed by atoms with van der Waals surface area (Å²) >= 11 is 0. The Labute approximate surface area is 386 Å². The van der Waals surface area contributed by atoms with E-state index in [4.69, 9.17) is 29.4 Å². The van der Waals surface area contributed by atoms with E-state index in [0.29, 0.717) is 107 Å². The molecule has 7 rings (SSSR count). The number of piperidine rings is 1. The van der Waals surface area contributed by atoms with Gasteiger partial charge in [0.05, 0.1) is 95.1 Å². The molecule has 352 valence electrons. The molecule has 6 N–H and O–H groups in total. The van der Waals surface area contributed by atoms with E-state index < -0.39 is 29.7 Å². The number of anilines is 2. The number of aromatic nitrogens is 4. The number of carbonyl (C=O) groups excluding carboxylic acids is 5. The molecule has 1 saturated heterocycles. The average molecular weight is 920 g/mol. The van der Waals surface area contributed by atoms with Gasteiger partial charge in [-0.2, -0.15) is 5.10 Å². The van der Waals surface area contributed by atoms with Crippen LogP contribution < -0.4 is 21.7 Å². The van der Waals surface area contributed by atoms with Gasteiger partial charge in [0, 0.05) is 53.6 Å². The van der Waals surface area contributed by atoms with Crippen molar-refractivity contribution in [1.82, 2.24) is 35.5 Å². The molecule has 2 unspecified atom stereocenters. The number of amides is 5. The Morgan fingerprint density at radius 2 is 1.43 bits per heavy atom. The number of para-hydroxylation sites is 1. The van der Waals surface area contributed by atoms with Crippen LogP contribution in [0.3, 0.4) is 0 Å². The van der Waals surface area contributed by atoms with Crippen molar-refractivity contribution in [2.24, 2.45) is 0 Å². The minimum atomic E-state index is -1.02. The summed E-state index contributed by atoms with van der Waals surface area (Å²) in [5.41, 5.74) is 10.9. The van der Waals surface area contributed by atoms with Crippen LogP contribution in [0.5, 0.6) is 5.75 Å². The van der Waals surface area contributed by atoms with Crippen LogP contribution in [0.25, 0.3) is 22.4 Å². The van der Waals surface area contributed by atoms with Crippen LogP contribution in [0.1, 0.15) is 62.4 Å². The number of aromatic hydroxyl groups is 1. The van der Waals surface area contributed by atoms with Gasteiger partial charge in [-0.1, -0.05) is 30.3 Å². The number of carbonyl (C=O) groups is 5. The molecule has 5 amide bonds. The molecule has 20 heteroatoms. The summed E-state index contributed by atoms with van der Waals surface area (Å²) in [4.78, 5) is 63.8. The number of hydrogen-bond acceptors (Lipinski definition) is 16. The van der Waals surface area contributed by atoms with Crippen LogP contribution in [0, 0.1) is 0 Å². The van der Waals surface area contributed by atoms with Crippen molar-refractivity contribution >= 4 is 41.0 Å². The summed E-state index contributed by atoms with van der Waals surface area (Å²) < 4.78 is 29.6. The van der Waals surface area contributed by atoms with Crippen LogP contribution in [-0.4, -0.2) is 145 Å². The third kappa shape index (κ3) is 12.2. The lowest BCUT2D eigenvalue weighted by molar-refractivity contribution is -0.136. The molecule has 0 bridgehead atoms. The largest absolute Gasteiger partial charge is 0.507 e. The molecule has 67 heavy (non-hydrogen) atoms. The molecule has 2 aromatic heterocycles. The maximum absolute atomic E-state index is 13.2. The second-order valence-corrected chi connectivity index (χ2v) is 15.5. The van der Waals surface area contributed by atoms with Crippen molar-refractivity contribution in [1.29, 1.82) is 0 Å². The molecule has 3 aromatic carbocycles. The zero-order valence-electron chi connectivity index (χ0n) is 37.0. The lowest BCUT2D eigenvalue weighted by atomic mass is 10.0. The Kier molecular flexibility index (Phi) is 16.7. The van der Waals surface area contributed by atoms with Crippen LogP contribution in [-0.2, 0) is 33.3 Å². The van der Waals surface area contributed by atoms with Gasteiger partial charge < -0.3 is 45.2 Å². The Bertz CT molecular complexity index is 2530. The van der Waals surface area contributed by atoms with Gasteiger partial charge in [0.25, 0.3) is 17.7 Å². The first kappa shape index (κ1) is 47.9. The van der Waals surface area contributed by atoms with Crippen molar-refractivity contribution in [3.05, 3.63) is 107 Å². The molecular weight excluding hydrogens is 867 g/mol. The molecule has 0 saturated carbocycles. The van der Waals surface area contributed by atoms with Crippen molar-refractivity contribution in [2.45, 2.75) is 31.8 Å². The Hall–Kier alpha value is -7.10. The third-order valence-corrected chi connectivity index (χ3v) is 11.0. The molecule has 5 aromatic rings. The van der Waals surface area contributed by atoms with Gasteiger partial charge in [-0.15, -0.1) is 10.2 Å². The fourth-order valence-electron chi connectivity index (χ4n) is 7.45. The minimum absolute atomic E-state index is 0.0545. The fourth-order valence-corrected chi connectivity index (χ4v) is 7.45. The zero-order chi connectivity index (χ0) is 47.1. The number of imide groups is 2. The number of nitrogens with two attached hydrogens (primary N) is 1. The predicted molar refractivity (Wildman–Crippen MR) is 243 cm³/mol. The van der Waals surface area contributed by atoms with Gasteiger partial charge in [-0.25, -0.2) is 0 Å². The molecule has 2 aliphatic heterocycles. The molecule has 2 aliphatic rings. The van der Waals surface area contributed by atoms with E-state index in [9.17, 15) is 29.1 Å². The Balaban J connectivity index is 0.680. The van der Waals surface area contributed by atoms with Crippen molar-refractivity contribution in [2.75, 3.05) is 90.2 Å². The van der Waals surface area contributed by atoms with Gasteiger partial charge in [0.1, 0.15) is 11.8 Å². The van der Waals surface area contributed by atoms with Crippen LogP contribution in [0.4, 0.5) is 11.5 Å². The third-order valence-electron chi connectivity index (χ3n) is 11.0. The topological polar surface area (TPSA) is 261 Å². The van der Waals surface area contributed by atoms with Gasteiger partial charge >= 0.3 is 0 Å². The Morgan fingerprint density at radius 3 is 2.10 bits per heavy atom. The zero-order valence-corrected chi connectivity index (χ0v) is 37.0. The number of phenols is 1. The monoisotopic (exact) mass is 919 g/mol. The predicted octanol–water partition coefficient (Wildman–Crippen LogP) is 3.23. The number of nitrogen functional groups attached to an aromatic ring is 1. The first-order chi connectivity index (χ1) is 32.6. The fraction of sp³-hybridized carbons (Fsp3) is 0.362. The standard InChI is InChI=1S/C47H53N9O11/c1-30(55-29-33(28-51-55)36-27-38(53-54-43(36)48)34-5-2-3-8-40(34)57)31-9-11-32(12-10-31)44(59)50-16-18-64-20-22-66-24-26-67-25-23-65-21-19-63-17-15-49-37-7-4-6-35-42(37)47(62)56(46(35)61)39-13-14-41(58)52-45(39)60/h2-12,27-30,39,49,57H,13-26H2,1H3,(H2,48,54)(H,50,59)(H,52,58,60). The number of nitrogens with one attached hydrogen (secondary N) is 3.